The molecular weight excluding hydrogens is 414 g/mol. The molecule has 178 valence electrons. The Bertz CT molecular complexity index is 642. The van der Waals surface area contributed by atoms with Gasteiger partial charge < -0.3 is 42.7 Å². The first-order valence-corrected chi connectivity index (χ1v) is 9.86. The fraction of sp³-hybridized carbons (Fsp3) is 0.722. The SMILES string of the molecule is CC(C)C(NC(=O)C(CC(=O)O)NC(=O)C(CO)NC(=O)C(N)CCCCN)C(=O)O. The second-order valence-corrected chi connectivity index (χ2v) is 7.36. The highest BCUT2D eigenvalue weighted by molar-refractivity contribution is 5.95. The van der Waals surface area contributed by atoms with Gasteiger partial charge in [0, 0.05) is 0 Å². The number of unbranched alkanes of at least 4 members (excludes halogenated alkanes) is 1. The van der Waals surface area contributed by atoms with Crippen molar-refractivity contribution in [1.82, 2.24) is 16.0 Å². The van der Waals surface area contributed by atoms with Crippen molar-refractivity contribution in [2.75, 3.05) is 13.2 Å². The number of aliphatic hydroxyl groups excluding tert-OH is 1. The summed E-state index contributed by atoms with van der Waals surface area (Å²) in [5, 5.41) is 34.2. The highest BCUT2D eigenvalue weighted by Gasteiger charge is 2.32. The summed E-state index contributed by atoms with van der Waals surface area (Å²) in [6.45, 7) is 2.68. The summed E-state index contributed by atoms with van der Waals surface area (Å²) in [6, 6.07) is -5.37. The summed E-state index contributed by atoms with van der Waals surface area (Å²) < 4.78 is 0. The fourth-order valence-corrected chi connectivity index (χ4v) is 2.54. The van der Waals surface area contributed by atoms with Crippen LogP contribution in [0.4, 0.5) is 0 Å². The van der Waals surface area contributed by atoms with Crippen LogP contribution in [0.2, 0.25) is 0 Å². The molecule has 13 nitrogen and oxygen atoms in total. The van der Waals surface area contributed by atoms with Crippen LogP contribution >= 0.6 is 0 Å². The second-order valence-electron chi connectivity index (χ2n) is 7.36. The van der Waals surface area contributed by atoms with Crippen LogP contribution in [-0.2, 0) is 24.0 Å². The number of nitrogens with two attached hydrogens (primary N) is 2. The maximum atomic E-state index is 12.4. The lowest BCUT2D eigenvalue weighted by Crippen LogP contribution is -2.58. The standard InChI is InChI=1S/C18H33N5O8/c1-9(2)14(18(30)31)23-16(28)11(7-13(25)26)21-17(29)12(8-24)22-15(27)10(20)5-3-4-6-19/h9-12,14,24H,3-8,19-20H2,1-2H3,(H,21,29)(H,22,27)(H,23,28)(H,25,26)(H,30,31). The van der Waals surface area contributed by atoms with E-state index < -0.39 is 72.8 Å². The summed E-state index contributed by atoms with van der Waals surface area (Å²) in [5.41, 5.74) is 11.1. The number of aliphatic carboxylic acids is 2. The van der Waals surface area contributed by atoms with Crippen LogP contribution in [0.1, 0.15) is 39.5 Å². The highest BCUT2D eigenvalue weighted by Crippen LogP contribution is 2.04. The van der Waals surface area contributed by atoms with E-state index in [9.17, 15) is 34.2 Å². The van der Waals surface area contributed by atoms with Gasteiger partial charge in [-0.15, -0.1) is 0 Å². The normalized spacial score (nSPS) is 14.8. The smallest absolute Gasteiger partial charge is 0.326 e. The lowest BCUT2D eigenvalue weighted by atomic mass is 10.0. The van der Waals surface area contributed by atoms with E-state index >= 15 is 0 Å². The number of carboxylic acid groups (broad SMARTS) is 2. The van der Waals surface area contributed by atoms with Crippen molar-refractivity contribution in [1.29, 1.82) is 0 Å². The molecule has 0 aromatic rings. The second kappa shape index (κ2) is 14.3. The van der Waals surface area contributed by atoms with Crippen LogP contribution < -0.4 is 27.4 Å². The van der Waals surface area contributed by atoms with Gasteiger partial charge in [0.2, 0.25) is 17.7 Å². The number of rotatable bonds is 15. The number of carboxylic acids is 2. The van der Waals surface area contributed by atoms with E-state index in [-0.39, 0.29) is 0 Å². The van der Waals surface area contributed by atoms with Gasteiger partial charge in [-0.05, 0) is 25.3 Å². The lowest BCUT2D eigenvalue weighted by Gasteiger charge is -2.24. The Morgan fingerprint density at radius 2 is 1.42 bits per heavy atom. The Kier molecular flexibility index (Phi) is 13.0. The molecule has 13 heteroatoms. The molecule has 0 heterocycles. The molecule has 0 spiro atoms. The number of hydrogen-bond donors (Lipinski definition) is 8. The lowest BCUT2D eigenvalue weighted by molar-refractivity contribution is -0.144. The van der Waals surface area contributed by atoms with Gasteiger partial charge >= 0.3 is 11.9 Å². The van der Waals surface area contributed by atoms with Crippen molar-refractivity contribution in [3.63, 3.8) is 0 Å². The van der Waals surface area contributed by atoms with Crippen LogP contribution in [0.5, 0.6) is 0 Å². The Morgan fingerprint density at radius 1 is 0.871 bits per heavy atom. The third-order valence-corrected chi connectivity index (χ3v) is 4.36. The minimum absolute atomic E-state index is 0.304. The zero-order valence-electron chi connectivity index (χ0n) is 17.7. The molecule has 0 aromatic heterocycles. The molecule has 0 fully saturated rings. The largest absolute Gasteiger partial charge is 0.481 e. The number of carbonyl (C=O) groups excluding carboxylic acids is 3. The van der Waals surface area contributed by atoms with Crippen molar-refractivity contribution < 1.29 is 39.3 Å². The first-order chi connectivity index (χ1) is 14.4. The van der Waals surface area contributed by atoms with Crippen LogP contribution in [-0.4, -0.2) is 82.3 Å². The molecule has 0 bridgehead atoms. The number of hydrogen-bond acceptors (Lipinski definition) is 8. The molecule has 31 heavy (non-hydrogen) atoms. The minimum atomic E-state index is -1.63. The topological polar surface area (TPSA) is 234 Å². The Labute approximate surface area is 179 Å². The minimum Gasteiger partial charge on any atom is -0.481 e. The van der Waals surface area contributed by atoms with Crippen molar-refractivity contribution in [2.45, 2.75) is 63.7 Å². The van der Waals surface area contributed by atoms with Crippen LogP contribution in [0.15, 0.2) is 0 Å². The summed E-state index contributed by atoms with van der Waals surface area (Å²) in [5.74, 6) is -6.03. The van der Waals surface area contributed by atoms with Gasteiger partial charge in [-0.1, -0.05) is 20.3 Å². The van der Waals surface area contributed by atoms with E-state index in [1.54, 1.807) is 0 Å². The molecule has 4 unspecified atom stereocenters. The molecule has 0 aromatic carbocycles. The van der Waals surface area contributed by atoms with E-state index in [2.05, 4.69) is 16.0 Å². The zero-order chi connectivity index (χ0) is 24.1. The molecular formula is C18H33N5O8. The van der Waals surface area contributed by atoms with Crippen LogP contribution in [0, 0.1) is 5.92 Å². The average Bonchev–Trinajstić information content (AvgIpc) is 2.68. The van der Waals surface area contributed by atoms with E-state index in [0.717, 1.165) is 0 Å². The van der Waals surface area contributed by atoms with Gasteiger partial charge in [0.05, 0.1) is 19.1 Å². The zero-order valence-corrected chi connectivity index (χ0v) is 17.7. The van der Waals surface area contributed by atoms with Gasteiger partial charge in [0.25, 0.3) is 0 Å². The van der Waals surface area contributed by atoms with Crippen LogP contribution in [0.25, 0.3) is 0 Å². The summed E-state index contributed by atoms with van der Waals surface area (Å²) in [4.78, 5) is 59.3. The number of carbonyl (C=O) groups is 5. The predicted octanol–water partition coefficient (Wildman–Crippen LogP) is -2.90. The maximum absolute atomic E-state index is 12.4. The Morgan fingerprint density at radius 3 is 1.87 bits per heavy atom. The molecule has 10 N–H and O–H groups in total. The molecule has 0 saturated carbocycles. The molecule has 4 atom stereocenters. The van der Waals surface area contributed by atoms with Crippen molar-refractivity contribution >= 4 is 29.7 Å². The summed E-state index contributed by atoms with van der Waals surface area (Å²) in [7, 11) is 0. The maximum Gasteiger partial charge on any atom is 0.326 e. The van der Waals surface area contributed by atoms with Crippen molar-refractivity contribution in [2.24, 2.45) is 17.4 Å². The third kappa shape index (κ3) is 10.7. The van der Waals surface area contributed by atoms with Gasteiger partial charge in [0.15, 0.2) is 0 Å². The van der Waals surface area contributed by atoms with Crippen LogP contribution in [0.3, 0.4) is 0 Å². The number of nitrogens with one attached hydrogen (secondary N) is 3. The monoisotopic (exact) mass is 447 g/mol. The van der Waals surface area contributed by atoms with Gasteiger partial charge in [-0.2, -0.15) is 0 Å². The molecule has 0 radical (unpaired) electrons. The van der Waals surface area contributed by atoms with E-state index in [1.807, 2.05) is 0 Å². The number of aliphatic hydroxyl groups is 1. The molecule has 0 aliphatic rings. The van der Waals surface area contributed by atoms with E-state index in [4.69, 9.17) is 16.6 Å². The first-order valence-electron chi connectivity index (χ1n) is 9.86. The summed E-state index contributed by atoms with van der Waals surface area (Å²) >= 11 is 0. The van der Waals surface area contributed by atoms with E-state index in [1.165, 1.54) is 13.8 Å². The molecule has 0 aliphatic carbocycles. The Balaban J connectivity index is 5.17. The van der Waals surface area contributed by atoms with Crippen molar-refractivity contribution in [3.05, 3.63) is 0 Å². The quantitative estimate of drug-likeness (QED) is 0.119. The van der Waals surface area contributed by atoms with Gasteiger partial charge in [-0.25, -0.2) is 4.79 Å². The fourth-order valence-electron chi connectivity index (χ4n) is 2.54. The summed E-state index contributed by atoms with van der Waals surface area (Å²) in [6.07, 6.45) is 0.707. The average molecular weight is 447 g/mol. The van der Waals surface area contributed by atoms with Gasteiger partial charge in [0.1, 0.15) is 18.1 Å². The highest BCUT2D eigenvalue weighted by atomic mass is 16.4. The van der Waals surface area contributed by atoms with E-state index in [0.29, 0.717) is 25.8 Å². The predicted molar refractivity (Wildman–Crippen MR) is 108 cm³/mol. The molecule has 0 aliphatic heterocycles. The number of amides is 3. The third-order valence-electron chi connectivity index (χ3n) is 4.36. The van der Waals surface area contributed by atoms with Crippen molar-refractivity contribution in [3.8, 4) is 0 Å². The molecule has 0 rings (SSSR count). The van der Waals surface area contributed by atoms with Gasteiger partial charge in [-0.3, -0.25) is 19.2 Å². The first kappa shape index (κ1) is 28.2. The molecule has 3 amide bonds. The Hall–Kier alpha value is -2.77. The molecule has 0 saturated heterocycles.